The highest BCUT2D eigenvalue weighted by Gasteiger charge is 2.33. The van der Waals surface area contributed by atoms with Gasteiger partial charge in [-0.2, -0.15) is 0 Å². The van der Waals surface area contributed by atoms with Crippen LogP contribution in [-0.2, 0) is 9.84 Å². The van der Waals surface area contributed by atoms with Gasteiger partial charge in [-0.3, -0.25) is 9.78 Å². The Hall–Kier alpha value is -1.67. The molecular weight excluding hydrogens is 310 g/mol. The number of fused-ring (bicyclic) bond motifs is 1. The number of sulfone groups is 1. The lowest BCUT2D eigenvalue weighted by atomic mass is 10.2. The number of rotatable bonds is 1. The molecule has 3 heterocycles. The van der Waals surface area contributed by atoms with Crippen LogP contribution in [0.25, 0.3) is 10.2 Å². The highest BCUT2D eigenvalue weighted by molar-refractivity contribution is 7.91. The minimum Gasteiger partial charge on any atom is -0.396 e. The number of carbonyl (C=O) groups excluding carboxylic acids is 1. The summed E-state index contributed by atoms with van der Waals surface area (Å²) in [6, 6.07) is 3.32. The van der Waals surface area contributed by atoms with Gasteiger partial charge in [0, 0.05) is 18.8 Å². The number of amides is 1. The number of thiophene rings is 1. The van der Waals surface area contributed by atoms with E-state index >= 15 is 0 Å². The van der Waals surface area contributed by atoms with E-state index in [4.69, 9.17) is 5.73 Å². The van der Waals surface area contributed by atoms with Crippen LogP contribution in [0.1, 0.15) is 16.6 Å². The maximum Gasteiger partial charge on any atom is 0.266 e. The number of nitrogens with zero attached hydrogens (tertiary/aromatic N) is 2. The lowest BCUT2D eigenvalue weighted by Gasteiger charge is -2.32. The molecule has 0 aliphatic carbocycles. The first-order valence-corrected chi connectivity index (χ1v) is 9.17. The van der Waals surface area contributed by atoms with E-state index in [2.05, 4.69) is 4.98 Å². The van der Waals surface area contributed by atoms with Crippen LogP contribution in [0.4, 0.5) is 5.69 Å². The second kappa shape index (κ2) is 4.96. The Bertz CT molecular complexity index is 813. The average Bonchev–Trinajstić information content (AvgIpc) is 2.75. The number of aromatic nitrogens is 1. The van der Waals surface area contributed by atoms with E-state index in [0.29, 0.717) is 16.1 Å². The van der Waals surface area contributed by atoms with Crippen LogP contribution in [-0.4, -0.2) is 48.3 Å². The van der Waals surface area contributed by atoms with E-state index in [9.17, 15) is 13.2 Å². The molecule has 0 aromatic carbocycles. The zero-order valence-corrected chi connectivity index (χ0v) is 13.1. The highest BCUT2D eigenvalue weighted by Crippen LogP contribution is 2.33. The van der Waals surface area contributed by atoms with Gasteiger partial charge in [0.05, 0.1) is 21.9 Å². The molecule has 0 saturated carbocycles. The molecule has 2 aromatic heterocycles. The maximum absolute atomic E-state index is 12.6. The normalized spacial score (nSPS) is 21.6. The summed E-state index contributed by atoms with van der Waals surface area (Å²) in [4.78, 5) is 18.9. The van der Waals surface area contributed by atoms with Gasteiger partial charge >= 0.3 is 0 Å². The number of carbonyl (C=O) groups is 1. The Morgan fingerprint density at radius 3 is 2.95 bits per heavy atom. The molecule has 1 fully saturated rings. The zero-order valence-electron chi connectivity index (χ0n) is 11.4. The molecule has 21 heavy (non-hydrogen) atoms. The molecule has 1 aliphatic rings. The van der Waals surface area contributed by atoms with Crippen molar-refractivity contribution in [3.8, 4) is 0 Å². The molecular formula is C13H15N3O3S2. The molecule has 3 rings (SSSR count). The zero-order chi connectivity index (χ0) is 15.2. The van der Waals surface area contributed by atoms with Gasteiger partial charge in [-0.15, -0.1) is 11.3 Å². The smallest absolute Gasteiger partial charge is 0.266 e. The fourth-order valence-corrected chi connectivity index (χ4v) is 5.13. The van der Waals surface area contributed by atoms with Crippen LogP contribution in [0.3, 0.4) is 0 Å². The monoisotopic (exact) mass is 325 g/mol. The molecule has 1 atom stereocenters. The predicted octanol–water partition coefficient (Wildman–Crippen LogP) is 1.14. The first kappa shape index (κ1) is 14.3. The second-order valence-electron chi connectivity index (χ2n) is 5.16. The summed E-state index contributed by atoms with van der Waals surface area (Å²) in [6.45, 7) is 1.96. The maximum atomic E-state index is 12.6. The van der Waals surface area contributed by atoms with E-state index in [1.165, 1.54) is 11.3 Å². The number of hydrogen-bond acceptors (Lipinski definition) is 6. The van der Waals surface area contributed by atoms with E-state index in [0.717, 1.165) is 4.70 Å². The molecule has 1 aliphatic heterocycles. The van der Waals surface area contributed by atoms with Crippen molar-refractivity contribution in [2.24, 2.45) is 0 Å². The minimum atomic E-state index is -3.05. The van der Waals surface area contributed by atoms with Crippen molar-refractivity contribution in [1.82, 2.24) is 9.88 Å². The predicted molar refractivity (Wildman–Crippen MR) is 83.2 cm³/mol. The highest BCUT2D eigenvalue weighted by atomic mass is 32.2. The van der Waals surface area contributed by atoms with Gasteiger partial charge in [0.15, 0.2) is 9.84 Å². The van der Waals surface area contributed by atoms with Crippen molar-refractivity contribution in [2.75, 3.05) is 23.8 Å². The van der Waals surface area contributed by atoms with Crippen LogP contribution in [0.5, 0.6) is 0 Å². The van der Waals surface area contributed by atoms with Crippen LogP contribution in [0.2, 0.25) is 0 Å². The average molecular weight is 325 g/mol. The van der Waals surface area contributed by atoms with Crippen LogP contribution < -0.4 is 5.73 Å². The van der Waals surface area contributed by atoms with E-state index in [1.807, 2.05) is 6.07 Å². The Kier molecular flexibility index (Phi) is 3.37. The van der Waals surface area contributed by atoms with Crippen molar-refractivity contribution in [3.63, 3.8) is 0 Å². The third-order valence-corrected chi connectivity index (χ3v) is 6.55. The van der Waals surface area contributed by atoms with Crippen molar-refractivity contribution in [3.05, 3.63) is 23.2 Å². The van der Waals surface area contributed by atoms with Gasteiger partial charge in [-0.05, 0) is 19.1 Å². The molecule has 1 amide bonds. The summed E-state index contributed by atoms with van der Waals surface area (Å²) in [5, 5.41) is 0. The van der Waals surface area contributed by atoms with Crippen molar-refractivity contribution in [1.29, 1.82) is 0 Å². The molecule has 0 spiro atoms. The van der Waals surface area contributed by atoms with Gasteiger partial charge < -0.3 is 10.6 Å². The van der Waals surface area contributed by atoms with Gasteiger partial charge in [-0.1, -0.05) is 0 Å². The van der Waals surface area contributed by atoms with Crippen molar-refractivity contribution in [2.45, 2.75) is 13.0 Å². The third-order valence-electron chi connectivity index (χ3n) is 3.61. The standard InChI is InChI=1S/C13H15N3O3S2/c1-8-7-21(18,19)6-5-16(8)13(17)12-10(14)11-9(20-12)3-2-4-15-11/h2-4,8H,5-7,14H2,1H3. The number of nitrogens with two attached hydrogens (primary N) is 1. The lowest BCUT2D eigenvalue weighted by Crippen LogP contribution is -2.49. The number of nitrogen functional groups attached to an aromatic ring is 1. The topological polar surface area (TPSA) is 93.4 Å². The number of pyridine rings is 1. The molecule has 0 radical (unpaired) electrons. The summed E-state index contributed by atoms with van der Waals surface area (Å²) in [6.07, 6.45) is 1.63. The lowest BCUT2D eigenvalue weighted by molar-refractivity contribution is 0.0718. The first-order chi connectivity index (χ1) is 9.89. The van der Waals surface area contributed by atoms with Crippen molar-refractivity contribution < 1.29 is 13.2 Å². The first-order valence-electron chi connectivity index (χ1n) is 6.53. The van der Waals surface area contributed by atoms with Gasteiger partial charge in [0.25, 0.3) is 5.91 Å². The van der Waals surface area contributed by atoms with E-state index in [-0.39, 0.29) is 30.0 Å². The summed E-state index contributed by atoms with van der Waals surface area (Å²) < 4.78 is 24.1. The fraction of sp³-hybridized carbons (Fsp3) is 0.385. The summed E-state index contributed by atoms with van der Waals surface area (Å²) in [5.74, 6) is -0.202. The largest absolute Gasteiger partial charge is 0.396 e. The van der Waals surface area contributed by atoms with Gasteiger partial charge in [-0.25, -0.2) is 8.42 Å². The number of anilines is 1. The summed E-state index contributed by atoms with van der Waals surface area (Å²) in [5.41, 5.74) is 7.03. The SMILES string of the molecule is CC1CS(=O)(=O)CCN1C(=O)c1sc2cccnc2c1N. The molecule has 1 saturated heterocycles. The summed E-state index contributed by atoms with van der Waals surface area (Å²) >= 11 is 1.30. The molecule has 112 valence electrons. The Morgan fingerprint density at radius 2 is 2.29 bits per heavy atom. The third kappa shape index (κ3) is 2.49. The van der Waals surface area contributed by atoms with Crippen LogP contribution >= 0.6 is 11.3 Å². The quantitative estimate of drug-likeness (QED) is 0.848. The Balaban J connectivity index is 1.96. The molecule has 1 unspecified atom stereocenters. The number of hydrogen-bond donors (Lipinski definition) is 1. The fourth-order valence-electron chi connectivity index (χ4n) is 2.54. The molecule has 2 N–H and O–H groups in total. The van der Waals surface area contributed by atoms with E-state index < -0.39 is 9.84 Å². The van der Waals surface area contributed by atoms with Crippen molar-refractivity contribution >= 4 is 43.0 Å². The molecule has 8 heteroatoms. The van der Waals surface area contributed by atoms with Crippen LogP contribution in [0.15, 0.2) is 18.3 Å². The second-order valence-corrected chi connectivity index (χ2v) is 8.44. The Labute approximate surface area is 126 Å². The van der Waals surface area contributed by atoms with Gasteiger partial charge in [0.2, 0.25) is 0 Å². The molecule has 2 aromatic rings. The molecule has 0 bridgehead atoms. The van der Waals surface area contributed by atoms with Crippen LogP contribution in [0, 0.1) is 0 Å². The van der Waals surface area contributed by atoms with E-state index in [1.54, 1.807) is 24.1 Å². The Morgan fingerprint density at radius 1 is 1.52 bits per heavy atom. The van der Waals surface area contributed by atoms with Gasteiger partial charge in [0.1, 0.15) is 10.4 Å². The summed E-state index contributed by atoms with van der Waals surface area (Å²) in [7, 11) is -3.05. The molecule has 6 nitrogen and oxygen atoms in total. The minimum absolute atomic E-state index is 0.00178.